The fraction of sp³-hybridized carbons (Fsp3) is 0.467. The molecule has 0 aromatic heterocycles. The van der Waals surface area contributed by atoms with Gasteiger partial charge in [-0.05, 0) is 24.5 Å². The molecule has 5 heteroatoms. The molecule has 20 heavy (non-hydrogen) atoms. The lowest BCUT2D eigenvalue weighted by Gasteiger charge is -2.25. The van der Waals surface area contributed by atoms with E-state index >= 15 is 0 Å². The maximum absolute atomic E-state index is 12.1. The fourth-order valence-electron chi connectivity index (χ4n) is 2.42. The number of amides is 1. The van der Waals surface area contributed by atoms with Crippen LogP contribution in [0.5, 0.6) is 0 Å². The highest BCUT2D eigenvalue weighted by Crippen LogP contribution is 2.21. The fourth-order valence-corrected chi connectivity index (χ4v) is 2.78. The molecular formula is C15H19ClN2OS. The number of benzene rings is 1. The van der Waals surface area contributed by atoms with Crippen molar-refractivity contribution >= 4 is 34.7 Å². The third kappa shape index (κ3) is 3.93. The van der Waals surface area contributed by atoms with Gasteiger partial charge in [0.25, 0.3) is 0 Å². The monoisotopic (exact) mass is 310 g/mol. The van der Waals surface area contributed by atoms with E-state index in [1.165, 1.54) is 6.42 Å². The summed E-state index contributed by atoms with van der Waals surface area (Å²) in [7, 11) is 0. The SMILES string of the molecule is NC(=S)c1ccc(CN2CCCCCCC2=O)c(Cl)c1. The zero-order valence-corrected chi connectivity index (χ0v) is 13.0. The molecule has 1 aromatic rings. The van der Waals surface area contributed by atoms with Crippen LogP contribution in [0.2, 0.25) is 5.02 Å². The molecule has 0 radical (unpaired) electrons. The highest BCUT2D eigenvalue weighted by atomic mass is 35.5. The van der Waals surface area contributed by atoms with Crippen LogP contribution in [-0.2, 0) is 11.3 Å². The number of halogens is 1. The maximum Gasteiger partial charge on any atom is 0.222 e. The minimum atomic E-state index is 0.221. The van der Waals surface area contributed by atoms with Crippen molar-refractivity contribution in [1.82, 2.24) is 4.90 Å². The van der Waals surface area contributed by atoms with Crippen LogP contribution in [0.1, 0.15) is 43.2 Å². The van der Waals surface area contributed by atoms with Crippen LogP contribution < -0.4 is 5.73 Å². The highest BCUT2D eigenvalue weighted by molar-refractivity contribution is 7.80. The molecule has 2 rings (SSSR count). The standard InChI is InChI=1S/C15H19ClN2OS/c16-13-9-11(15(17)20)6-7-12(13)10-18-8-4-2-1-3-5-14(18)19/h6-7,9H,1-5,8,10H2,(H2,17,20). The lowest BCUT2D eigenvalue weighted by Crippen LogP contribution is -2.32. The Bertz CT molecular complexity index is 519. The molecule has 0 bridgehead atoms. The summed E-state index contributed by atoms with van der Waals surface area (Å²) in [6.45, 7) is 1.38. The zero-order chi connectivity index (χ0) is 14.5. The number of carbonyl (C=O) groups is 1. The molecule has 0 unspecified atom stereocenters. The Hall–Kier alpha value is -1.13. The summed E-state index contributed by atoms with van der Waals surface area (Å²) in [4.78, 5) is 14.3. The second-order valence-corrected chi connectivity index (χ2v) is 6.00. The summed E-state index contributed by atoms with van der Waals surface area (Å²) in [6.07, 6.45) is 5.04. The number of carbonyl (C=O) groups excluding carboxylic acids is 1. The molecule has 2 N–H and O–H groups in total. The Kier molecular flexibility index (Phi) is 5.38. The first-order valence-corrected chi connectivity index (χ1v) is 7.72. The van der Waals surface area contributed by atoms with Crippen LogP contribution in [0.3, 0.4) is 0 Å². The second kappa shape index (κ2) is 7.04. The number of nitrogens with two attached hydrogens (primary N) is 1. The van der Waals surface area contributed by atoms with E-state index in [-0.39, 0.29) is 5.91 Å². The van der Waals surface area contributed by atoms with Gasteiger partial charge in [-0.2, -0.15) is 0 Å². The van der Waals surface area contributed by atoms with E-state index in [0.29, 0.717) is 23.0 Å². The van der Waals surface area contributed by atoms with E-state index in [9.17, 15) is 4.79 Å². The number of thiocarbonyl (C=S) groups is 1. The van der Waals surface area contributed by atoms with Gasteiger partial charge >= 0.3 is 0 Å². The first kappa shape index (κ1) is 15.3. The molecule has 1 aromatic carbocycles. The zero-order valence-electron chi connectivity index (χ0n) is 11.4. The summed E-state index contributed by atoms with van der Waals surface area (Å²) in [5.41, 5.74) is 7.29. The minimum Gasteiger partial charge on any atom is -0.389 e. The van der Waals surface area contributed by atoms with Crippen LogP contribution in [0.4, 0.5) is 0 Å². The molecule has 1 aliphatic rings. The highest BCUT2D eigenvalue weighted by Gasteiger charge is 2.17. The molecule has 3 nitrogen and oxygen atoms in total. The molecule has 0 aliphatic carbocycles. The third-order valence-corrected chi connectivity index (χ3v) is 4.21. The lowest BCUT2D eigenvalue weighted by molar-refractivity contribution is -0.132. The van der Waals surface area contributed by atoms with Crippen molar-refractivity contribution < 1.29 is 4.79 Å². The van der Waals surface area contributed by atoms with Gasteiger partial charge in [0.1, 0.15) is 4.99 Å². The summed E-state index contributed by atoms with van der Waals surface area (Å²) in [5, 5.41) is 0.616. The van der Waals surface area contributed by atoms with Crippen molar-refractivity contribution in [3.63, 3.8) is 0 Å². The predicted molar refractivity (Wildman–Crippen MR) is 85.8 cm³/mol. The van der Waals surface area contributed by atoms with Gasteiger partial charge in [-0.3, -0.25) is 4.79 Å². The number of likely N-dealkylation sites (tertiary alicyclic amines) is 1. The molecule has 1 aliphatic heterocycles. The lowest BCUT2D eigenvalue weighted by atomic mass is 10.1. The van der Waals surface area contributed by atoms with Crippen molar-refractivity contribution in [2.24, 2.45) is 5.73 Å². The summed E-state index contributed by atoms with van der Waals surface area (Å²) < 4.78 is 0. The van der Waals surface area contributed by atoms with Crippen molar-refractivity contribution in [2.45, 2.75) is 38.6 Å². The largest absolute Gasteiger partial charge is 0.389 e. The molecule has 1 heterocycles. The van der Waals surface area contributed by atoms with E-state index in [0.717, 1.165) is 36.9 Å². The number of rotatable bonds is 3. The van der Waals surface area contributed by atoms with E-state index in [2.05, 4.69) is 0 Å². The molecule has 1 amide bonds. The van der Waals surface area contributed by atoms with E-state index in [1.54, 1.807) is 6.07 Å². The van der Waals surface area contributed by atoms with Crippen LogP contribution in [0.25, 0.3) is 0 Å². The van der Waals surface area contributed by atoms with Crippen molar-refractivity contribution in [2.75, 3.05) is 6.54 Å². The first-order valence-electron chi connectivity index (χ1n) is 6.94. The molecular weight excluding hydrogens is 292 g/mol. The van der Waals surface area contributed by atoms with Crippen LogP contribution >= 0.6 is 23.8 Å². The van der Waals surface area contributed by atoms with E-state index in [4.69, 9.17) is 29.6 Å². The quantitative estimate of drug-likeness (QED) is 0.872. The van der Waals surface area contributed by atoms with Gasteiger partial charge < -0.3 is 10.6 Å². The summed E-state index contributed by atoms with van der Waals surface area (Å²) in [5.74, 6) is 0.221. The van der Waals surface area contributed by atoms with Crippen molar-refractivity contribution in [3.05, 3.63) is 34.3 Å². The molecule has 1 fully saturated rings. The van der Waals surface area contributed by atoms with Crippen LogP contribution in [0.15, 0.2) is 18.2 Å². The van der Waals surface area contributed by atoms with Gasteiger partial charge in [0.15, 0.2) is 0 Å². The second-order valence-electron chi connectivity index (χ2n) is 5.15. The Labute approximate surface area is 130 Å². The Morgan fingerprint density at radius 3 is 2.75 bits per heavy atom. The first-order chi connectivity index (χ1) is 9.58. The van der Waals surface area contributed by atoms with Gasteiger partial charge in [0.2, 0.25) is 5.91 Å². The van der Waals surface area contributed by atoms with Crippen LogP contribution in [-0.4, -0.2) is 22.3 Å². The average molecular weight is 311 g/mol. The van der Waals surface area contributed by atoms with Crippen molar-refractivity contribution in [1.29, 1.82) is 0 Å². The van der Waals surface area contributed by atoms with Crippen LogP contribution in [0, 0.1) is 0 Å². The van der Waals surface area contributed by atoms with E-state index < -0.39 is 0 Å². The van der Waals surface area contributed by atoms with Gasteiger partial charge in [-0.25, -0.2) is 0 Å². The van der Waals surface area contributed by atoms with Gasteiger partial charge in [0.05, 0.1) is 0 Å². The summed E-state index contributed by atoms with van der Waals surface area (Å²) in [6, 6.07) is 5.54. The topological polar surface area (TPSA) is 46.3 Å². The third-order valence-electron chi connectivity index (χ3n) is 3.62. The number of hydrogen-bond donors (Lipinski definition) is 1. The molecule has 108 valence electrons. The Morgan fingerprint density at radius 2 is 2.05 bits per heavy atom. The molecule has 0 saturated carbocycles. The van der Waals surface area contributed by atoms with Crippen molar-refractivity contribution in [3.8, 4) is 0 Å². The molecule has 0 spiro atoms. The van der Waals surface area contributed by atoms with Gasteiger partial charge in [-0.1, -0.05) is 48.8 Å². The predicted octanol–water partition coefficient (Wildman–Crippen LogP) is 3.27. The van der Waals surface area contributed by atoms with E-state index in [1.807, 2.05) is 17.0 Å². The summed E-state index contributed by atoms with van der Waals surface area (Å²) >= 11 is 11.2. The molecule has 1 saturated heterocycles. The number of hydrogen-bond acceptors (Lipinski definition) is 2. The van der Waals surface area contributed by atoms with Gasteiger partial charge in [0, 0.05) is 30.1 Å². The smallest absolute Gasteiger partial charge is 0.222 e. The molecule has 0 atom stereocenters. The minimum absolute atomic E-state index is 0.221. The Morgan fingerprint density at radius 1 is 1.30 bits per heavy atom. The number of nitrogens with zero attached hydrogens (tertiary/aromatic N) is 1. The average Bonchev–Trinajstić information content (AvgIpc) is 2.40. The maximum atomic E-state index is 12.1. The Balaban J connectivity index is 2.11. The van der Waals surface area contributed by atoms with Gasteiger partial charge in [-0.15, -0.1) is 0 Å². The normalized spacial score (nSPS) is 16.6.